The summed E-state index contributed by atoms with van der Waals surface area (Å²) in [5.74, 6) is -0.660. The molecular formula is C13H14BrFN2O2S2. The number of thiophene rings is 1. The molecule has 0 radical (unpaired) electrons. The van der Waals surface area contributed by atoms with Crippen molar-refractivity contribution < 1.29 is 12.8 Å². The van der Waals surface area contributed by atoms with E-state index in [9.17, 15) is 12.8 Å². The fraction of sp³-hybridized carbons (Fsp3) is 0.231. The molecule has 0 fully saturated rings. The second-order valence-corrected chi connectivity index (χ2v) is 8.18. The summed E-state index contributed by atoms with van der Waals surface area (Å²) in [6, 6.07) is 5.74. The standard InChI is InChI=1S/C13H14BrFN2O2S2/c1-8(5-9-3-2-4-20-9)17-21(18,19)13-7-12(16)11(15)6-10(13)14/h2-4,6-8,17H,5,16H2,1H3. The molecule has 0 saturated heterocycles. The van der Waals surface area contributed by atoms with Gasteiger partial charge in [-0.3, -0.25) is 0 Å². The summed E-state index contributed by atoms with van der Waals surface area (Å²) in [5, 5.41) is 1.94. The fourth-order valence-electron chi connectivity index (χ4n) is 1.85. The summed E-state index contributed by atoms with van der Waals surface area (Å²) in [5.41, 5.74) is 5.24. The van der Waals surface area contributed by atoms with Crippen LogP contribution in [0.2, 0.25) is 0 Å². The lowest BCUT2D eigenvalue weighted by atomic mass is 10.2. The van der Waals surface area contributed by atoms with Gasteiger partial charge in [0.25, 0.3) is 0 Å². The highest BCUT2D eigenvalue weighted by atomic mass is 79.9. The normalized spacial score (nSPS) is 13.3. The summed E-state index contributed by atoms with van der Waals surface area (Å²) < 4.78 is 40.7. The number of nitrogen functional groups attached to an aromatic ring is 1. The van der Waals surface area contributed by atoms with E-state index >= 15 is 0 Å². The first-order chi connectivity index (χ1) is 9.79. The Hall–Kier alpha value is -0.960. The highest BCUT2D eigenvalue weighted by Crippen LogP contribution is 2.27. The van der Waals surface area contributed by atoms with Gasteiger partial charge in [-0.25, -0.2) is 17.5 Å². The minimum Gasteiger partial charge on any atom is -0.396 e. The Labute approximate surface area is 135 Å². The maximum atomic E-state index is 13.3. The Morgan fingerprint density at radius 2 is 2.19 bits per heavy atom. The van der Waals surface area contributed by atoms with Crippen LogP contribution >= 0.6 is 27.3 Å². The number of rotatable bonds is 5. The van der Waals surface area contributed by atoms with E-state index in [-0.39, 0.29) is 21.1 Å². The number of nitrogens with one attached hydrogen (secondary N) is 1. The molecule has 0 amide bonds. The number of sulfonamides is 1. The molecule has 0 spiro atoms. The van der Waals surface area contributed by atoms with Crippen LogP contribution in [0, 0.1) is 5.82 Å². The van der Waals surface area contributed by atoms with Crippen molar-refractivity contribution in [3.05, 3.63) is 44.8 Å². The second kappa shape index (κ2) is 6.43. The van der Waals surface area contributed by atoms with Crippen LogP contribution in [0.4, 0.5) is 10.1 Å². The van der Waals surface area contributed by atoms with Crippen molar-refractivity contribution in [1.29, 1.82) is 0 Å². The van der Waals surface area contributed by atoms with Gasteiger partial charge < -0.3 is 5.73 Å². The van der Waals surface area contributed by atoms with Gasteiger partial charge in [0.1, 0.15) is 5.82 Å². The zero-order chi connectivity index (χ0) is 15.6. The maximum absolute atomic E-state index is 13.3. The van der Waals surface area contributed by atoms with Crippen LogP contribution in [-0.2, 0) is 16.4 Å². The molecule has 0 aliphatic carbocycles. The van der Waals surface area contributed by atoms with Crippen molar-refractivity contribution in [3.63, 3.8) is 0 Å². The molecular weight excluding hydrogens is 379 g/mol. The molecule has 1 aromatic heterocycles. The number of anilines is 1. The predicted octanol–water partition coefficient (Wildman–Crippen LogP) is 3.14. The summed E-state index contributed by atoms with van der Waals surface area (Å²) in [4.78, 5) is 1.02. The summed E-state index contributed by atoms with van der Waals surface area (Å²) in [7, 11) is -3.77. The van der Waals surface area contributed by atoms with Crippen molar-refractivity contribution >= 4 is 43.0 Å². The van der Waals surface area contributed by atoms with Crippen molar-refractivity contribution in [2.45, 2.75) is 24.3 Å². The van der Waals surface area contributed by atoms with E-state index < -0.39 is 15.8 Å². The third-order valence-corrected chi connectivity index (χ3v) is 6.23. The second-order valence-electron chi connectivity index (χ2n) is 4.61. The quantitative estimate of drug-likeness (QED) is 0.767. The molecule has 21 heavy (non-hydrogen) atoms. The largest absolute Gasteiger partial charge is 0.396 e. The molecule has 0 saturated carbocycles. The predicted molar refractivity (Wildman–Crippen MR) is 86.3 cm³/mol. The van der Waals surface area contributed by atoms with Gasteiger partial charge in [0, 0.05) is 15.4 Å². The number of hydrogen-bond acceptors (Lipinski definition) is 4. The molecule has 3 N–H and O–H groups in total. The SMILES string of the molecule is CC(Cc1cccs1)NS(=O)(=O)c1cc(N)c(F)cc1Br. The lowest BCUT2D eigenvalue weighted by Crippen LogP contribution is -2.34. The van der Waals surface area contributed by atoms with Crippen molar-refractivity contribution in [2.75, 3.05) is 5.73 Å². The van der Waals surface area contributed by atoms with Gasteiger partial charge >= 0.3 is 0 Å². The third kappa shape index (κ3) is 4.03. The lowest BCUT2D eigenvalue weighted by molar-refractivity contribution is 0.559. The highest BCUT2D eigenvalue weighted by Gasteiger charge is 2.22. The van der Waals surface area contributed by atoms with E-state index in [1.807, 2.05) is 17.5 Å². The molecule has 1 atom stereocenters. The van der Waals surface area contributed by atoms with E-state index in [1.54, 1.807) is 18.3 Å². The molecule has 1 heterocycles. The number of benzene rings is 1. The van der Waals surface area contributed by atoms with Crippen molar-refractivity contribution in [3.8, 4) is 0 Å². The smallest absolute Gasteiger partial charge is 0.242 e. The molecule has 0 aliphatic heterocycles. The molecule has 8 heteroatoms. The van der Waals surface area contributed by atoms with Gasteiger partial charge in [0.05, 0.1) is 10.6 Å². The van der Waals surface area contributed by atoms with Crippen molar-refractivity contribution in [2.24, 2.45) is 0 Å². The van der Waals surface area contributed by atoms with Gasteiger partial charge in [-0.2, -0.15) is 0 Å². The summed E-state index contributed by atoms with van der Waals surface area (Å²) >= 11 is 4.62. The van der Waals surface area contributed by atoms with Crippen LogP contribution in [0.15, 0.2) is 39.0 Å². The minimum atomic E-state index is -3.77. The molecule has 2 rings (SSSR count). The van der Waals surface area contributed by atoms with E-state index in [2.05, 4.69) is 20.7 Å². The van der Waals surface area contributed by atoms with Crippen LogP contribution < -0.4 is 10.5 Å². The first-order valence-corrected chi connectivity index (χ1v) is 9.24. The average Bonchev–Trinajstić information content (AvgIpc) is 2.85. The van der Waals surface area contributed by atoms with E-state index in [1.165, 1.54) is 0 Å². The molecule has 1 unspecified atom stereocenters. The molecule has 1 aromatic carbocycles. The number of halogens is 2. The fourth-order valence-corrected chi connectivity index (χ4v) is 4.98. The van der Waals surface area contributed by atoms with Gasteiger partial charge in [-0.15, -0.1) is 11.3 Å². The van der Waals surface area contributed by atoms with Crippen LogP contribution in [0.3, 0.4) is 0 Å². The van der Waals surface area contributed by atoms with E-state index in [0.717, 1.165) is 17.0 Å². The molecule has 4 nitrogen and oxygen atoms in total. The van der Waals surface area contributed by atoms with Gasteiger partial charge in [-0.05, 0) is 52.9 Å². The molecule has 2 aromatic rings. The summed E-state index contributed by atoms with van der Waals surface area (Å²) in [6.45, 7) is 1.78. The van der Waals surface area contributed by atoms with Crippen LogP contribution in [0.1, 0.15) is 11.8 Å². The average molecular weight is 393 g/mol. The zero-order valence-corrected chi connectivity index (χ0v) is 14.4. The number of nitrogens with two attached hydrogens (primary N) is 1. The summed E-state index contributed by atoms with van der Waals surface area (Å²) in [6.07, 6.45) is 0.588. The van der Waals surface area contributed by atoms with E-state index in [4.69, 9.17) is 5.73 Å². The first-order valence-electron chi connectivity index (χ1n) is 6.09. The molecule has 0 bridgehead atoms. The molecule has 114 valence electrons. The van der Waals surface area contributed by atoms with Crippen molar-refractivity contribution in [1.82, 2.24) is 4.72 Å². The van der Waals surface area contributed by atoms with Gasteiger partial charge in [0.2, 0.25) is 10.0 Å². The third-order valence-electron chi connectivity index (χ3n) is 2.78. The first kappa shape index (κ1) is 16.4. The zero-order valence-electron chi connectivity index (χ0n) is 11.1. The van der Waals surface area contributed by atoms with Crippen LogP contribution in [-0.4, -0.2) is 14.5 Å². The highest BCUT2D eigenvalue weighted by molar-refractivity contribution is 9.10. The van der Waals surface area contributed by atoms with Gasteiger partial charge in [0.15, 0.2) is 0 Å². The molecule has 0 aliphatic rings. The minimum absolute atomic E-state index is 0.0700. The topological polar surface area (TPSA) is 72.2 Å². The Bertz CT molecular complexity index is 733. The maximum Gasteiger partial charge on any atom is 0.242 e. The van der Waals surface area contributed by atoms with Gasteiger partial charge in [-0.1, -0.05) is 6.07 Å². The van der Waals surface area contributed by atoms with Crippen LogP contribution in [0.25, 0.3) is 0 Å². The monoisotopic (exact) mass is 392 g/mol. The van der Waals surface area contributed by atoms with Crippen LogP contribution in [0.5, 0.6) is 0 Å². The number of hydrogen-bond donors (Lipinski definition) is 2. The Balaban J connectivity index is 2.20. The Morgan fingerprint density at radius 1 is 1.48 bits per heavy atom. The lowest BCUT2D eigenvalue weighted by Gasteiger charge is -2.15. The van der Waals surface area contributed by atoms with E-state index in [0.29, 0.717) is 6.42 Å². The Morgan fingerprint density at radius 3 is 2.81 bits per heavy atom. The Kier molecular flexibility index (Phi) is 5.03.